The fourth-order valence-corrected chi connectivity index (χ4v) is 1.09. The van der Waals surface area contributed by atoms with Gasteiger partial charge in [-0.3, -0.25) is 4.79 Å². The predicted octanol–water partition coefficient (Wildman–Crippen LogP) is 1.72. The summed E-state index contributed by atoms with van der Waals surface area (Å²) in [6.07, 6.45) is 2.21. The number of hydrogen-bond acceptors (Lipinski definition) is 6. The van der Waals surface area contributed by atoms with Crippen LogP contribution in [0.25, 0.3) is 0 Å². The fraction of sp³-hybridized carbons (Fsp3) is 0.286. The maximum Gasteiger partial charge on any atom is 0.357 e. The molecule has 0 amide bonds. The van der Waals surface area contributed by atoms with Crippen molar-refractivity contribution in [3.63, 3.8) is 0 Å². The van der Waals surface area contributed by atoms with Crippen LogP contribution in [0.5, 0.6) is 0 Å². The van der Waals surface area contributed by atoms with Crippen LogP contribution in [-0.4, -0.2) is 37.4 Å². The minimum absolute atomic E-state index is 0.0325. The molecule has 0 fully saturated rings. The Morgan fingerprint density at radius 1 is 1.25 bits per heavy atom. The van der Waals surface area contributed by atoms with Crippen LogP contribution in [0.4, 0.5) is 0 Å². The zero-order valence-corrected chi connectivity index (χ0v) is 11.9. The summed E-state index contributed by atoms with van der Waals surface area (Å²) >= 11 is 0. The molecule has 0 aliphatic rings. The summed E-state index contributed by atoms with van der Waals surface area (Å²) in [5, 5.41) is 0. The second-order valence-electron chi connectivity index (χ2n) is 3.86. The number of ether oxygens (including phenoxy) is 2. The van der Waals surface area contributed by atoms with E-state index in [9.17, 15) is 14.4 Å². The van der Waals surface area contributed by atoms with Crippen molar-refractivity contribution in [1.29, 1.82) is 0 Å². The highest BCUT2D eigenvalue weighted by atomic mass is 16.5. The third kappa shape index (κ3) is 5.43. The Kier molecular flexibility index (Phi) is 7.50. The minimum atomic E-state index is -0.657. The van der Waals surface area contributed by atoms with E-state index in [1.54, 1.807) is 13.8 Å². The third-order valence-electron chi connectivity index (χ3n) is 2.01. The van der Waals surface area contributed by atoms with Crippen molar-refractivity contribution >= 4 is 18.2 Å². The highest BCUT2D eigenvalue weighted by Crippen LogP contribution is 2.10. The van der Waals surface area contributed by atoms with Crippen molar-refractivity contribution in [1.82, 2.24) is 4.98 Å². The molecule has 0 aliphatic heterocycles. The van der Waals surface area contributed by atoms with Crippen LogP contribution in [0, 0.1) is 6.92 Å². The largest absolute Gasteiger partial charge is 0.465 e. The molecule has 1 aromatic rings. The fourth-order valence-electron chi connectivity index (χ4n) is 1.09. The highest BCUT2D eigenvalue weighted by molar-refractivity contribution is 6.01. The van der Waals surface area contributed by atoms with Gasteiger partial charge in [-0.25, -0.2) is 14.6 Å². The molecule has 1 rings (SSSR count). The second-order valence-corrected chi connectivity index (χ2v) is 3.86. The summed E-state index contributed by atoms with van der Waals surface area (Å²) in [4.78, 5) is 35.9. The second kappa shape index (κ2) is 8.58. The number of aromatic nitrogens is 1. The lowest BCUT2D eigenvalue weighted by Gasteiger charge is -2.05. The average Bonchev–Trinajstić information content (AvgIpc) is 2.46. The van der Waals surface area contributed by atoms with Crippen LogP contribution in [0.1, 0.15) is 33.3 Å². The molecule has 0 radical (unpaired) electrons. The maximum absolute atomic E-state index is 11.3. The zero-order valence-electron chi connectivity index (χ0n) is 11.9. The van der Waals surface area contributed by atoms with E-state index in [4.69, 9.17) is 0 Å². The van der Waals surface area contributed by atoms with Crippen LogP contribution >= 0.6 is 0 Å². The van der Waals surface area contributed by atoms with Gasteiger partial charge < -0.3 is 9.47 Å². The molecule has 0 atom stereocenters. The van der Waals surface area contributed by atoms with Crippen molar-refractivity contribution in [2.45, 2.75) is 13.8 Å². The Bertz CT molecular complexity index is 522. The zero-order chi connectivity index (χ0) is 15.7. The summed E-state index contributed by atoms with van der Waals surface area (Å²) < 4.78 is 9.04. The summed E-state index contributed by atoms with van der Waals surface area (Å²) in [5.74, 6) is -1.26. The number of methoxy groups -OCH3 is 2. The Balaban J connectivity index is 0.000000621. The van der Waals surface area contributed by atoms with E-state index in [1.165, 1.54) is 26.5 Å². The monoisotopic (exact) mass is 279 g/mol. The lowest BCUT2D eigenvalue weighted by molar-refractivity contribution is -0.104. The van der Waals surface area contributed by atoms with E-state index in [1.807, 2.05) is 0 Å². The van der Waals surface area contributed by atoms with Crippen LogP contribution < -0.4 is 0 Å². The van der Waals surface area contributed by atoms with E-state index in [2.05, 4.69) is 21.0 Å². The van der Waals surface area contributed by atoms with Crippen molar-refractivity contribution < 1.29 is 23.9 Å². The molecule has 0 saturated heterocycles. The first kappa shape index (κ1) is 17.5. The average molecular weight is 279 g/mol. The molecular weight excluding hydrogens is 262 g/mol. The lowest BCUT2D eigenvalue weighted by Crippen LogP contribution is -2.14. The van der Waals surface area contributed by atoms with Crippen molar-refractivity contribution in [3.8, 4) is 0 Å². The van der Waals surface area contributed by atoms with Gasteiger partial charge in [-0.05, 0) is 31.1 Å². The number of carbonyl (C=O) groups excluding carboxylic acids is 3. The molecule has 0 saturated carbocycles. The molecule has 0 unspecified atom stereocenters. The van der Waals surface area contributed by atoms with Gasteiger partial charge in [0.1, 0.15) is 6.29 Å². The molecule has 20 heavy (non-hydrogen) atoms. The minimum Gasteiger partial charge on any atom is -0.465 e. The number of esters is 2. The molecule has 6 heteroatoms. The summed E-state index contributed by atoms with van der Waals surface area (Å²) in [5.41, 5.74) is 1.42. The van der Waals surface area contributed by atoms with Gasteiger partial charge in [0.15, 0.2) is 5.69 Å². The molecule has 0 aromatic carbocycles. The van der Waals surface area contributed by atoms with E-state index < -0.39 is 11.9 Å². The molecule has 0 spiro atoms. The van der Waals surface area contributed by atoms with Crippen LogP contribution in [0.15, 0.2) is 24.4 Å². The number of pyridine rings is 1. The molecule has 1 aromatic heterocycles. The summed E-state index contributed by atoms with van der Waals surface area (Å²) in [6.45, 7) is 6.73. The normalized spacial score (nSPS) is 8.80. The molecule has 108 valence electrons. The highest BCUT2D eigenvalue weighted by Gasteiger charge is 2.19. The van der Waals surface area contributed by atoms with Gasteiger partial charge in [-0.2, -0.15) is 0 Å². The van der Waals surface area contributed by atoms with E-state index in [-0.39, 0.29) is 11.3 Å². The van der Waals surface area contributed by atoms with Crippen LogP contribution in [0.3, 0.4) is 0 Å². The van der Waals surface area contributed by atoms with Crippen LogP contribution in [-0.2, 0) is 14.3 Å². The van der Waals surface area contributed by atoms with Gasteiger partial charge in [-0.1, -0.05) is 6.58 Å². The van der Waals surface area contributed by atoms with Crippen molar-refractivity contribution in [2.24, 2.45) is 0 Å². The number of nitrogens with zero attached hydrogens (tertiary/aromatic N) is 1. The van der Waals surface area contributed by atoms with Gasteiger partial charge in [0.2, 0.25) is 0 Å². The molecule has 1 heterocycles. The number of aldehydes is 1. The predicted molar refractivity (Wildman–Crippen MR) is 72.5 cm³/mol. The third-order valence-corrected chi connectivity index (χ3v) is 2.01. The quantitative estimate of drug-likeness (QED) is 0.476. The SMILES string of the molecule is C=C(C)C=O.COC(=O)c1cc(C)cnc1C(=O)OC. The Morgan fingerprint density at radius 2 is 1.75 bits per heavy atom. The van der Waals surface area contributed by atoms with Crippen LogP contribution in [0.2, 0.25) is 0 Å². The van der Waals surface area contributed by atoms with Crippen molar-refractivity contribution in [2.75, 3.05) is 14.2 Å². The first-order valence-corrected chi connectivity index (χ1v) is 5.61. The summed E-state index contributed by atoms with van der Waals surface area (Å²) in [6, 6.07) is 1.53. The van der Waals surface area contributed by atoms with E-state index in [0.29, 0.717) is 5.57 Å². The first-order chi connectivity index (χ1) is 9.37. The number of hydrogen-bond donors (Lipinski definition) is 0. The molecule has 0 aliphatic carbocycles. The van der Waals surface area contributed by atoms with Gasteiger partial charge in [0.05, 0.1) is 19.8 Å². The van der Waals surface area contributed by atoms with Crippen molar-refractivity contribution in [3.05, 3.63) is 41.2 Å². The van der Waals surface area contributed by atoms with E-state index >= 15 is 0 Å². The van der Waals surface area contributed by atoms with Gasteiger partial charge in [0, 0.05) is 6.20 Å². The number of carbonyl (C=O) groups is 3. The molecule has 6 nitrogen and oxygen atoms in total. The Morgan fingerprint density at radius 3 is 2.15 bits per heavy atom. The van der Waals surface area contributed by atoms with Gasteiger partial charge in [-0.15, -0.1) is 0 Å². The summed E-state index contributed by atoms with van der Waals surface area (Å²) in [7, 11) is 2.47. The lowest BCUT2D eigenvalue weighted by atomic mass is 10.1. The maximum atomic E-state index is 11.3. The smallest absolute Gasteiger partial charge is 0.357 e. The molecule has 0 N–H and O–H groups in total. The number of aryl methyl sites for hydroxylation is 1. The van der Waals surface area contributed by atoms with Gasteiger partial charge in [0.25, 0.3) is 0 Å². The number of allylic oxidation sites excluding steroid dienone is 1. The Hall–Kier alpha value is -2.50. The molecule has 0 bridgehead atoms. The van der Waals surface area contributed by atoms with Gasteiger partial charge >= 0.3 is 11.9 Å². The Labute approximate surface area is 117 Å². The topological polar surface area (TPSA) is 82.6 Å². The van der Waals surface area contributed by atoms with E-state index in [0.717, 1.165) is 11.8 Å². The molecular formula is C14H17NO5. The standard InChI is InChI=1S/C10H11NO4.C4H6O/c1-6-4-7(9(12)14-2)8(11-5-6)10(13)15-3;1-4(2)3-5/h4-5H,1-3H3;3H,1H2,2H3. The number of rotatable bonds is 3. The first-order valence-electron chi connectivity index (χ1n) is 5.61.